The van der Waals surface area contributed by atoms with E-state index in [4.69, 9.17) is 4.74 Å². The van der Waals surface area contributed by atoms with E-state index in [0.717, 1.165) is 11.1 Å². The summed E-state index contributed by atoms with van der Waals surface area (Å²) in [6, 6.07) is 14.3. The third-order valence-corrected chi connectivity index (χ3v) is 4.31. The third-order valence-electron chi connectivity index (χ3n) is 3.19. The second kappa shape index (κ2) is 7.81. The molecule has 0 saturated heterocycles. The summed E-state index contributed by atoms with van der Waals surface area (Å²) >= 11 is 1.24. The molecule has 0 aliphatic heterocycles. The Hall–Kier alpha value is -1.86. The van der Waals surface area contributed by atoms with Gasteiger partial charge in [0.05, 0.1) is 10.4 Å². The number of hydrogen-bond donors (Lipinski definition) is 1. The van der Waals surface area contributed by atoms with E-state index in [2.05, 4.69) is 4.98 Å². The van der Waals surface area contributed by atoms with Gasteiger partial charge in [-0.05, 0) is 24.6 Å². The number of rotatable bonds is 3. The van der Waals surface area contributed by atoms with Crippen molar-refractivity contribution < 1.29 is 49.3 Å². The van der Waals surface area contributed by atoms with E-state index < -0.39 is 6.16 Å². The molecule has 0 unspecified atom stereocenters. The molecule has 0 fully saturated rings. The van der Waals surface area contributed by atoms with Gasteiger partial charge in [0.1, 0.15) is 10.8 Å². The Bertz CT molecular complexity index is 864. The number of thiazole rings is 1. The number of phenolic OH excluding ortho intramolecular Hbond substituents is 1. The minimum absolute atomic E-state index is 0. The van der Waals surface area contributed by atoms with Gasteiger partial charge in [-0.2, -0.15) is 0 Å². The van der Waals surface area contributed by atoms with Gasteiger partial charge in [-0.3, -0.25) is 0 Å². The van der Waals surface area contributed by atoms with Crippen LogP contribution in [0.4, 0.5) is 4.79 Å². The molecule has 0 atom stereocenters. The number of carboxylic acid groups (broad SMARTS) is 1. The molecule has 2 aromatic carbocycles. The minimum atomic E-state index is -1.67. The summed E-state index contributed by atoms with van der Waals surface area (Å²) in [7, 11) is 0. The monoisotopic (exact) mass is 349 g/mol. The SMILES string of the molecule is Cc1ccc(O)c(-c2nc(OC(=O)[O-])c(-c3ccccc3)s2)c1.[Na+]. The molecule has 0 aliphatic carbocycles. The van der Waals surface area contributed by atoms with Gasteiger partial charge in [0, 0.05) is 0 Å². The van der Waals surface area contributed by atoms with Crippen LogP contribution in [0.3, 0.4) is 0 Å². The zero-order valence-electron chi connectivity index (χ0n) is 13.1. The van der Waals surface area contributed by atoms with Crippen molar-refractivity contribution in [2.45, 2.75) is 6.92 Å². The Balaban J connectivity index is 0.00000208. The zero-order chi connectivity index (χ0) is 16.4. The number of aromatic hydroxyl groups is 1. The largest absolute Gasteiger partial charge is 1.00 e. The summed E-state index contributed by atoms with van der Waals surface area (Å²) < 4.78 is 4.70. The number of hydrogen-bond acceptors (Lipinski definition) is 6. The van der Waals surface area contributed by atoms with E-state index in [1.807, 2.05) is 37.3 Å². The second-order valence-electron chi connectivity index (χ2n) is 4.89. The average Bonchev–Trinajstić information content (AvgIpc) is 2.93. The molecule has 5 nitrogen and oxygen atoms in total. The molecule has 3 rings (SSSR count). The molecule has 1 N–H and O–H groups in total. The molecule has 116 valence electrons. The van der Waals surface area contributed by atoms with Crippen LogP contribution in [-0.4, -0.2) is 16.2 Å². The van der Waals surface area contributed by atoms with Crippen molar-refractivity contribution in [3.63, 3.8) is 0 Å². The molecule has 0 saturated carbocycles. The molecule has 24 heavy (non-hydrogen) atoms. The van der Waals surface area contributed by atoms with Gasteiger partial charge in [0.25, 0.3) is 6.16 Å². The van der Waals surface area contributed by atoms with Crippen molar-refractivity contribution in [1.29, 1.82) is 0 Å². The van der Waals surface area contributed by atoms with E-state index in [1.165, 1.54) is 11.3 Å². The molecule has 0 bridgehead atoms. The van der Waals surface area contributed by atoms with Crippen molar-refractivity contribution in [2.24, 2.45) is 0 Å². The second-order valence-corrected chi connectivity index (χ2v) is 5.89. The number of aryl methyl sites for hydroxylation is 1. The number of carbonyl (C=O) groups is 1. The van der Waals surface area contributed by atoms with Gasteiger partial charge in [-0.25, -0.2) is 4.98 Å². The average molecular weight is 349 g/mol. The van der Waals surface area contributed by atoms with Crippen LogP contribution in [0.1, 0.15) is 5.56 Å². The van der Waals surface area contributed by atoms with E-state index in [0.29, 0.717) is 15.4 Å². The van der Waals surface area contributed by atoms with Crippen molar-refractivity contribution in [3.8, 4) is 32.6 Å². The van der Waals surface area contributed by atoms with E-state index in [1.54, 1.807) is 18.2 Å². The first-order chi connectivity index (χ1) is 11.0. The molecule has 0 spiro atoms. The Morgan fingerprint density at radius 2 is 1.92 bits per heavy atom. The fourth-order valence-electron chi connectivity index (χ4n) is 2.16. The summed E-state index contributed by atoms with van der Waals surface area (Å²) in [4.78, 5) is 15.6. The first-order valence-corrected chi connectivity index (χ1v) is 7.61. The number of benzene rings is 2. The fraction of sp³-hybridized carbons (Fsp3) is 0.0588. The number of ether oxygens (including phenoxy) is 1. The van der Waals surface area contributed by atoms with Crippen LogP contribution in [0.2, 0.25) is 0 Å². The molecule has 1 heterocycles. The van der Waals surface area contributed by atoms with E-state index in [9.17, 15) is 15.0 Å². The number of nitrogens with zero attached hydrogens (tertiary/aromatic N) is 1. The van der Waals surface area contributed by atoms with E-state index in [-0.39, 0.29) is 41.2 Å². The summed E-state index contributed by atoms with van der Waals surface area (Å²) in [5, 5.41) is 21.3. The maximum Gasteiger partial charge on any atom is 1.00 e. The standard InChI is InChI=1S/C17H13NO4S.Na/c1-10-7-8-13(19)12(9-10)16-18-15(22-17(20)21)14(23-16)11-5-3-2-4-6-11;/h2-9,19H,1H3,(H,20,21);/q;+1/p-1. The topological polar surface area (TPSA) is 82.5 Å². The molecular weight excluding hydrogens is 337 g/mol. The third kappa shape index (κ3) is 3.96. The van der Waals surface area contributed by atoms with Crippen molar-refractivity contribution in [2.75, 3.05) is 0 Å². The van der Waals surface area contributed by atoms with Crippen LogP contribution in [0.5, 0.6) is 11.6 Å². The molecule has 0 amide bonds. The predicted molar refractivity (Wildman–Crippen MR) is 85.4 cm³/mol. The predicted octanol–water partition coefficient (Wildman–Crippen LogP) is 0.217. The smallest absolute Gasteiger partial charge is 0.507 e. The zero-order valence-corrected chi connectivity index (χ0v) is 16.0. The molecule has 7 heteroatoms. The van der Waals surface area contributed by atoms with Gasteiger partial charge in [0.2, 0.25) is 0 Å². The normalized spacial score (nSPS) is 10.0. The Labute approximate surface area is 164 Å². The Kier molecular flexibility index (Phi) is 6.01. The summed E-state index contributed by atoms with van der Waals surface area (Å²) in [5.41, 5.74) is 2.26. The van der Waals surface area contributed by atoms with Crippen LogP contribution in [0, 0.1) is 6.92 Å². The number of aromatic nitrogens is 1. The molecular formula is C17H12NNaO4S. The summed E-state index contributed by atoms with van der Waals surface area (Å²) in [5.74, 6) is 0.0288. The van der Waals surface area contributed by atoms with Crippen LogP contribution in [-0.2, 0) is 0 Å². The van der Waals surface area contributed by atoms with Gasteiger partial charge < -0.3 is 19.7 Å². The van der Waals surface area contributed by atoms with Gasteiger partial charge in [0.15, 0.2) is 5.88 Å². The van der Waals surface area contributed by atoms with Crippen molar-refractivity contribution >= 4 is 17.5 Å². The Morgan fingerprint density at radius 3 is 2.58 bits per heavy atom. The first kappa shape index (κ1) is 18.5. The minimum Gasteiger partial charge on any atom is -0.507 e. The Morgan fingerprint density at radius 1 is 1.21 bits per heavy atom. The maximum absolute atomic E-state index is 10.8. The van der Waals surface area contributed by atoms with Gasteiger partial charge in [-0.15, -0.1) is 11.3 Å². The molecule has 0 radical (unpaired) electrons. The summed E-state index contributed by atoms with van der Waals surface area (Å²) in [6.45, 7) is 1.90. The van der Waals surface area contributed by atoms with Crippen LogP contribution >= 0.6 is 11.3 Å². The van der Waals surface area contributed by atoms with Crippen molar-refractivity contribution in [1.82, 2.24) is 4.98 Å². The van der Waals surface area contributed by atoms with Crippen LogP contribution in [0.15, 0.2) is 48.5 Å². The fourth-order valence-corrected chi connectivity index (χ4v) is 3.19. The van der Waals surface area contributed by atoms with Gasteiger partial charge >= 0.3 is 29.6 Å². The molecule has 0 aliphatic rings. The quantitative estimate of drug-likeness (QED) is 0.540. The maximum atomic E-state index is 10.8. The number of carbonyl (C=O) groups excluding carboxylic acids is 1. The molecule has 1 aromatic heterocycles. The van der Waals surface area contributed by atoms with Crippen LogP contribution < -0.4 is 39.4 Å². The van der Waals surface area contributed by atoms with Crippen LogP contribution in [0.25, 0.3) is 21.0 Å². The first-order valence-electron chi connectivity index (χ1n) is 6.79. The number of phenols is 1. The molecule has 3 aromatic rings. The van der Waals surface area contributed by atoms with Gasteiger partial charge in [-0.1, -0.05) is 42.0 Å². The van der Waals surface area contributed by atoms with Crippen molar-refractivity contribution in [3.05, 3.63) is 54.1 Å². The summed E-state index contributed by atoms with van der Waals surface area (Å²) in [6.07, 6.45) is -1.67. The van der Waals surface area contributed by atoms with E-state index >= 15 is 0 Å².